The fourth-order valence-corrected chi connectivity index (χ4v) is 0.985. The topological polar surface area (TPSA) is 0 Å². The van der Waals surface area contributed by atoms with Gasteiger partial charge in [-0.25, -0.2) is 0 Å². The lowest BCUT2D eigenvalue weighted by Crippen LogP contribution is -1.76. The van der Waals surface area contributed by atoms with Gasteiger partial charge in [-0.3, -0.25) is 0 Å². The zero-order chi connectivity index (χ0) is 8.69. The van der Waals surface area contributed by atoms with Crippen molar-refractivity contribution in [1.29, 1.82) is 0 Å². The minimum absolute atomic E-state index is 1.00. The summed E-state index contributed by atoms with van der Waals surface area (Å²) in [6.07, 6.45) is 6.90. The predicted molar refractivity (Wildman–Crippen MR) is 56.2 cm³/mol. The van der Waals surface area contributed by atoms with E-state index in [-0.39, 0.29) is 0 Å². The van der Waals surface area contributed by atoms with Crippen LogP contribution in [0.1, 0.15) is 33.6 Å². The summed E-state index contributed by atoms with van der Waals surface area (Å²) in [7, 11) is 0. The molecule has 0 unspecified atom stereocenters. The van der Waals surface area contributed by atoms with Gasteiger partial charge in [0.2, 0.25) is 0 Å². The van der Waals surface area contributed by atoms with Crippen molar-refractivity contribution in [3.8, 4) is 0 Å². The summed E-state index contributed by atoms with van der Waals surface area (Å²) in [6, 6.07) is 0. The summed E-state index contributed by atoms with van der Waals surface area (Å²) in [5, 5.41) is 1.00. The number of rotatable bonds is 4. The molecule has 0 rings (SSSR count). The molecule has 0 heterocycles. The Morgan fingerprint density at radius 2 is 1.64 bits per heavy atom. The molecule has 0 saturated heterocycles. The fourth-order valence-electron chi connectivity index (χ4n) is 0.756. The Bertz CT molecular complexity index is 150. The summed E-state index contributed by atoms with van der Waals surface area (Å²) < 4.78 is 0. The molecular weight excluding hydrogens is 200 g/mol. The van der Waals surface area contributed by atoms with Gasteiger partial charge in [0, 0.05) is 5.33 Å². The van der Waals surface area contributed by atoms with E-state index in [1.54, 1.807) is 0 Å². The molecule has 0 aromatic carbocycles. The van der Waals surface area contributed by atoms with Crippen molar-refractivity contribution < 1.29 is 0 Å². The Morgan fingerprint density at radius 3 is 2.09 bits per heavy atom. The number of allylic oxidation sites excluding steroid dienone is 4. The fraction of sp³-hybridized carbons (Fsp3) is 0.600. The highest BCUT2D eigenvalue weighted by molar-refractivity contribution is 9.09. The van der Waals surface area contributed by atoms with Crippen LogP contribution in [-0.2, 0) is 0 Å². The van der Waals surface area contributed by atoms with E-state index in [4.69, 9.17) is 0 Å². The molecule has 0 amide bonds. The molecule has 0 bridgehead atoms. The van der Waals surface area contributed by atoms with E-state index in [9.17, 15) is 0 Å². The predicted octanol–water partition coefficient (Wildman–Crippen LogP) is 4.07. The van der Waals surface area contributed by atoms with Crippen LogP contribution in [0.2, 0.25) is 0 Å². The standard InChI is InChI=1S/C10H17Br/c1-9(2)6-4-5-7-10(3)8-11/h6-7H,4-5,8H2,1-3H3/b10-7+. The third-order valence-corrected chi connectivity index (χ3v) is 2.31. The van der Waals surface area contributed by atoms with Crippen molar-refractivity contribution in [2.45, 2.75) is 33.6 Å². The van der Waals surface area contributed by atoms with Gasteiger partial charge in [0.15, 0.2) is 0 Å². The van der Waals surface area contributed by atoms with Gasteiger partial charge in [0.05, 0.1) is 0 Å². The third-order valence-electron chi connectivity index (χ3n) is 1.42. The lowest BCUT2D eigenvalue weighted by atomic mass is 10.2. The molecule has 0 nitrogen and oxygen atoms in total. The Kier molecular flexibility index (Phi) is 6.63. The quantitative estimate of drug-likeness (QED) is 0.378. The zero-order valence-electron chi connectivity index (χ0n) is 7.65. The maximum Gasteiger partial charge on any atom is 0.0239 e. The van der Waals surface area contributed by atoms with E-state index in [1.807, 2.05) is 0 Å². The molecule has 0 aromatic heterocycles. The first-order valence-corrected chi connectivity index (χ1v) is 5.14. The van der Waals surface area contributed by atoms with Gasteiger partial charge in [0.25, 0.3) is 0 Å². The van der Waals surface area contributed by atoms with Crippen molar-refractivity contribution >= 4 is 15.9 Å². The first-order chi connectivity index (χ1) is 5.16. The van der Waals surface area contributed by atoms with Crippen LogP contribution in [-0.4, -0.2) is 5.33 Å². The second-order valence-corrected chi connectivity index (χ2v) is 3.60. The maximum absolute atomic E-state index is 3.41. The van der Waals surface area contributed by atoms with E-state index in [0.717, 1.165) is 5.33 Å². The summed E-state index contributed by atoms with van der Waals surface area (Å²) in [6.45, 7) is 6.43. The summed E-state index contributed by atoms with van der Waals surface area (Å²) in [4.78, 5) is 0. The molecule has 0 aliphatic rings. The molecule has 0 N–H and O–H groups in total. The van der Waals surface area contributed by atoms with Crippen LogP contribution in [0.3, 0.4) is 0 Å². The lowest BCUT2D eigenvalue weighted by molar-refractivity contribution is 1.02. The molecule has 0 aliphatic heterocycles. The third kappa shape index (κ3) is 7.86. The van der Waals surface area contributed by atoms with Gasteiger partial charge < -0.3 is 0 Å². The zero-order valence-corrected chi connectivity index (χ0v) is 9.24. The second kappa shape index (κ2) is 6.66. The number of alkyl halides is 1. The van der Waals surface area contributed by atoms with E-state index >= 15 is 0 Å². The van der Waals surface area contributed by atoms with Gasteiger partial charge in [-0.05, 0) is 33.6 Å². The minimum atomic E-state index is 1.00. The summed E-state index contributed by atoms with van der Waals surface area (Å²) in [5.74, 6) is 0. The lowest BCUT2D eigenvalue weighted by Gasteiger charge is -1.93. The normalized spacial score (nSPS) is 11.5. The highest BCUT2D eigenvalue weighted by Crippen LogP contribution is 2.03. The first kappa shape index (κ1) is 11.0. The van der Waals surface area contributed by atoms with Crippen LogP contribution in [0.4, 0.5) is 0 Å². The largest absolute Gasteiger partial charge is 0.0880 e. The number of unbranched alkanes of at least 4 members (excludes halogenated alkanes) is 1. The molecule has 64 valence electrons. The molecule has 0 saturated carbocycles. The van der Waals surface area contributed by atoms with Gasteiger partial charge in [-0.15, -0.1) is 0 Å². The molecule has 0 spiro atoms. The van der Waals surface area contributed by atoms with Crippen molar-refractivity contribution in [2.75, 3.05) is 5.33 Å². The SMILES string of the molecule is CC(C)=CCC/C=C(\C)CBr. The Morgan fingerprint density at radius 1 is 1.09 bits per heavy atom. The molecule has 0 fully saturated rings. The van der Waals surface area contributed by atoms with E-state index in [1.165, 1.54) is 24.0 Å². The Hall–Kier alpha value is -0.0400. The Balaban J connectivity index is 3.49. The molecule has 0 radical (unpaired) electrons. The molecule has 1 heteroatoms. The Labute approximate surface area is 78.5 Å². The molecule has 0 aromatic rings. The average Bonchev–Trinajstić information content (AvgIpc) is 1.97. The van der Waals surface area contributed by atoms with E-state index in [2.05, 4.69) is 48.9 Å². The number of halogens is 1. The first-order valence-electron chi connectivity index (χ1n) is 4.01. The van der Waals surface area contributed by atoms with Gasteiger partial charge in [-0.2, -0.15) is 0 Å². The van der Waals surface area contributed by atoms with Crippen LogP contribution in [0, 0.1) is 0 Å². The minimum Gasteiger partial charge on any atom is -0.0880 e. The maximum atomic E-state index is 3.41. The molecular formula is C10H17Br. The highest BCUT2D eigenvalue weighted by Gasteiger charge is 1.83. The van der Waals surface area contributed by atoms with E-state index < -0.39 is 0 Å². The van der Waals surface area contributed by atoms with Gasteiger partial charge in [-0.1, -0.05) is 39.2 Å². The van der Waals surface area contributed by atoms with Crippen LogP contribution in [0.5, 0.6) is 0 Å². The molecule has 0 atom stereocenters. The smallest absolute Gasteiger partial charge is 0.0239 e. The van der Waals surface area contributed by atoms with Crippen molar-refractivity contribution in [3.05, 3.63) is 23.3 Å². The summed E-state index contributed by atoms with van der Waals surface area (Å²) in [5.41, 5.74) is 2.84. The van der Waals surface area contributed by atoms with Crippen LogP contribution in [0.25, 0.3) is 0 Å². The van der Waals surface area contributed by atoms with Crippen LogP contribution >= 0.6 is 15.9 Å². The number of hydrogen-bond acceptors (Lipinski definition) is 0. The monoisotopic (exact) mass is 216 g/mol. The molecule has 0 aliphatic carbocycles. The molecule has 11 heavy (non-hydrogen) atoms. The van der Waals surface area contributed by atoms with Crippen molar-refractivity contribution in [3.63, 3.8) is 0 Å². The summed E-state index contributed by atoms with van der Waals surface area (Å²) >= 11 is 3.41. The average molecular weight is 217 g/mol. The van der Waals surface area contributed by atoms with Gasteiger partial charge in [0.1, 0.15) is 0 Å². The van der Waals surface area contributed by atoms with Crippen LogP contribution in [0.15, 0.2) is 23.3 Å². The number of hydrogen-bond donors (Lipinski definition) is 0. The second-order valence-electron chi connectivity index (χ2n) is 3.04. The van der Waals surface area contributed by atoms with E-state index in [0.29, 0.717) is 0 Å². The van der Waals surface area contributed by atoms with Gasteiger partial charge >= 0.3 is 0 Å². The van der Waals surface area contributed by atoms with Crippen LogP contribution < -0.4 is 0 Å². The van der Waals surface area contributed by atoms with Crippen molar-refractivity contribution in [2.24, 2.45) is 0 Å². The highest BCUT2D eigenvalue weighted by atomic mass is 79.9. The van der Waals surface area contributed by atoms with Crippen molar-refractivity contribution in [1.82, 2.24) is 0 Å².